The highest BCUT2D eigenvalue weighted by atomic mass is 16.5. The second kappa shape index (κ2) is 5.99. The van der Waals surface area contributed by atoms with Crippen molar-refractivity contribution in [3.8, 4) is 0 Å². The van der Waals surface area contributed by atoms with Gasteiger partial charge in [0, 0.05) is 13.1 Å². The van der Waals surface area contributed by atoms with Gasteiger partial charge in [0.15, 0.2) is 0 Å². The van der Waals surface area contributed by atoms with Gasteiger partial charge < -0.3 is 15.4 Å². The fraction of sp³-hybridized carbons (Fsp3) is 1.00. The fourth-order valence-corrected chi connectivity index (χ4v) is 2.28. The van der Waals surface area contributed by atoms with Crippen molar-refractivity contribution in [1.29, 1.82) is 0 Å². The molecule has 0 aliphatic carbocycles. The summed E-state index contributed by atoms with van der Waals surface area (Å²) in [6.07, 6.45) is 3.30. The average Bonchev–Trinajstić information content (AvgIpc) is 2.63. The van der Waals surface area contributed by atoms with Gasteiger partial charge in [-0.3, -0.25) is 0 Å². The molecule has 0 spiro atoms. The van der Waals surface area contributed by atoms with Crippen molar-refractivity contribution >= 4 is 0 Å². The molecule has 1 fully saturated rings. The number of nitrogens with zero attached hydrogens (tertiary/aromatic N) is 1. The first-order valence-electron chi connectivity index (χ1n) is 6.54. The molecule has 0 bridgehead atoms. The van der Waals surface area contributed by atoms with Crippen molar-refractivity contribution in [2.24, 2.45) is 11.1 Å². The van der Waals surface area contributed by atoms with Crippen LogP contribution in [0.15, 0.2) is 0 Å². The van der Waals surface area contributed by atoms with Crippen molar-refractivity contribution < 1.29 is 4.74 Å². The highest BCUT2D eigenvalue weighted by Crippen LogP contribution is 2.21. The highest BCUT2D eigenvalue weighted by molar-refractivity contribution is 4.78. The Bertz CT molecular complexity index is 206. The predicted octanol–water partition coefficient (Wildman–Crippen LogP) is 1.86. The van der Waals surface area contributed by atoms with Crippen LogP contribution >= 0.6 is 0 Å². The Labute approximate surface area is 100 Å². The first kappa shape index (κ1) is 13.9. The molecule has 1 aliphatic rings. The summed E-state index contributed by atoms with van der Waals surface area (Å²) in [5, 5.41) is 0. The molecule has 1 heterocycles. The fourth-order valence-electron chi connectivity index (χ4n) is 2.28. The van der Waals surface area contributed by atoms with E-state index in [1.54, 1.807) is 0 Å². The van der Waals surface area contributed by atoms with E-state index in [0.717, 1.165) is 26.2 Å². The Morgan fingerprint density at radius 3 is 2.50 bits per heavy atom. The van der Waals surface area contributed by atoms with E-state index < -0.39 is 0 Å². The normalized spacial score (nSPS) is 26.6. The van der Waals surface area contributed by atoms with Gasteiger partial charge in [0.1, 0.15) is 0 Å². The van der Waals surface area contributed by atoms with Crippen molar-refractivity contribution in [1.82, 2.24) is 4.90 Å². The van der Waals surface area contributed by atoms with Gasteiger partial charge in [-0.05, 0) is 38.3 Å². The maximum absolute atomic E-state index is 5.87. The van der Waals surface area contributed by atoms with Crippen LogP contribution < -0.4 is 5.73 Å². The van der Waals surface area contributed by atoms with Gasteiger partial charge in [0.2, 0.25) is 0 Å². The molecule has 0 aromatic heterocycles. The molecule has 0 saturated carbocycles. The minimum Gasteiger partial charge on any atom is -0.374 e. The second-order valence-electron chi connectivity index (χ2n) is 5.84. The minimum absolute atomic E-state index is 0.209. The summed E-state index contributed by atoms with van der Waals surface area (Å²) in [6, 6.07) is 0. The van der Waals surface area contributed by atoms with E-state index in [1.807, 2.05) is 0 Å². The lowest BCUT2D eigenvalue weighted by molar-refractivity contribution is 0.0254. The summed E-state index contributed by atoms with van der Waals surface area (Å²) in [6.45, 7) is 12.8. The van der Waals surface area contributed by atoms with Crippen LogP contribution in [-0.2, 0) is 4.74 Å². The Hall–Kier alpha value is -0.120. The predicted molar refractivity (Wildman–Crippen MR) is 68.5 cm³/mol. The Morgan fingerprint density at radius 2 is 2.06 bits per heavy atom. The summed E-state index contributed by atoms with van der Waals surface area (Å²) in [5.41, 5.74) is 5.99. The van der Waals surface area contributed by atoms with Crippen LogP contribution in [0, 0.1) is 5.41 Å². The van der Waals surface area contributed by atoms with Crippen molar-refractivity contribution in [2.75, 3.05) is 26.2 Å². The summed E-state index contributed by atoms with van der Waals surface area (Å²) in [5.74, 6) is 0. The van der Waals surface area contributed by atoms with E-state index in [2.05, 4.69) is 32.6 Å². The Morgan fingerprint density at radius 1 is 1.38 bits per heavy atom. The molecule has 16 heavy (non-hydrogen) atoms. The number of likely N-dealkylation sites (N-methyl/N-ethyl adjacent to an activating group) is 1. The summed E-state index contributed by atoms with van der Waals surface area (Å²) in [7, 11) is 0. The van der Waals surface area contributed by atoms with Crippen molar-refractivity contribution in [2.45, 2.75) is 52.7 Å². The summed E-state index contributed by atoms with van der Waals surface area (Å²) in [4.78, 5) is 2.47. The van der Waals surface area contributed by atoms with E-state index in [9.17, 15) is 0 Å². The molecule has 1 aliphatic heterocycles. The van der Waals surface area contributed by atoms with Gasteiger partial charge >= 0.3 is 0 Å². The topological polar surface area (TPSA) is 38.5 Å². The zero-order chi connectivity index (χ0) is 12.2. The number of nitrogens with two attached hydrogens (primary N) is 1. The molecular weight excluding hydrogens is 200 g/mol. The minimum atomic E-state index is 0.209. The van der Waals surface area contributed by atoms with Crippen LogP contribution in [0.1, 0.15) is 40.5 Å². The van der Waals surface area contributed by atoms with E-state index in [0.29, 0.717) is 12.2 Å². The summed E-state index contributed by atoms with van der Waals surface area (Å²) >= 11 is 0. The highest BCUT2D eigenvalue weighted by Gasteiger charge is 2.26. The van der Waals surface area contributed by atoms with E-state index in [1.165, 1.54) is 12.8 Å². The lowest BCUT2D eigenvalue weighted by atomic mass is 9.93. The lowest BCUT2D eigenvalue weighted by Crippen LogP contribution is -2.42. The lowest BCUT2D eigenvalue weighted by Gasteiger charge is -2.32. The third-order valence-corrected chi connectivity index (χ3v) is 3.43. The largest absolute Gasteiger partial charge is 0.374 e. The van der Waals surface area contributed by atoms with E-state index in [4.69, 9.17) is 10.5 Å². The van der Waals surface area contributed by atoms with E-state index in [-0.39, 0.29) is 5.41 Å². The molecule has 1 rings (SSSR count). The molecule has 0 amide bonds. The van der Waals surface area contributed by atoms with Crippen LogP contribution in [0.3, 0.4) is 0 Å². The monoisotopic (exact) mass is 228 g/mol. The maximum Gasteiger partial charge on any atom is 0.0706 e. The molecule has 0 radical (unpaired) electrons. The quantitative estimate of drug-likeness (QED) is 0.754. The molecule has 96 valence electrons. The molecule has 1 saturated heterocycles. The van der Waals surface area contributed by atoms with Gasteiger partial charge in [-0.15, -0.1) is 0 Å². The zero-order valence-corrected chi connectivity index (χ0v) is 11.3. The molecular formula is C13H28N2O. The number of hydrogen-bond acceptors (Lipinski definition) is 3. The molecule has 2 N–H and O–H groups in total. The molecule has 2 atom stereocenters. The van der Waals surface area contributed by atoms with E-state index >= 15 is 0 Å². The van der Waals surface area contributed by atoms with Crippen LogP contribution in [-0.4, -0.2) is 43.3 Å². The van der Waals surface area contributed by atoms with Crippen LogP contribution in [0.5, 0.6) is 0 Å². The first-order valence-corrected chi connectivity index (χ1v) is 6.54. The molecule has 3 nitrogen and oxygen atoms in total. The zero-order valence-electron chi connectivity index (χ0n) is 11.3. The number of ether oxygens (including phenoxy) is 1. The van der Waals surface area contributed by atoms with Gasteiger partial charge in [-0.25, -0.2) is 0 Å². The SMILES string of the molecule is CCN(CC1CCC(C)O1)CC(C)(C)CN. The van der Waals surface area contributed by atoms with Gasteiger partial charge in [-0.2, -0.15) is 0 Å². The van der Waals surface area contributed by atoms with Gasteiger partial charge in [0.25, 0.3) is 0 Å². The summed E-state index contributed by atoms with van der Waals surface area (Å²) < 4.78 is 5.87. The Kier molecular flexibility index (Phi) is 5.22. The molecule has 0 aromatic rings. The van der Waals surface area contributed by atoms with Crippen LogP contribution in [0.25, 0.3) is 0 Å². The first-order chi connectivity index (χ1) is 7.46. The molecule has 3 heteroatoms. The second-order valence-corrected chi connectivity index (χ2v) is 5.84. The van der Waals surface area contributed by atoms with Crippen LogP contribution in [0.4, 0.5) is 0 Å². The standard InChI is InChI=1S/C13H28N2O/c1-5-15(10-13(3,4)9-14)8-12-7-6-11(2)16-12/h11-12H,5-10,14H2,1-4H3. The van der Waals surface area contributed by atoms with Gasteiger partial charge in [0.05, 0.1) is 12.2 Å². The average molecular weight is 228 g/mol. The smallest absolute Gasteiger partial charge is 0.0706 e. The number of hydrogen-bond donors (Lipinski definition) is 1. The third-order valence-electron chi connectivity index (χ3n) is 3.43. The number of rotatable bonds is 6. The van der Waals surface area contributed by atoms with Crippen molar-refractivity contribution in [3.63, 3.8) is 0 Å². The Balaban J connectivity index is 2.37. The maximum atomic E-state index is 5.87. The molecule has 2 unspecified atom stereocenters. The van der Waals surface area contributed by atoms with Crippen molar-refractivity contribution in [3.05, 3.63) is 0 Å². The van der Waals surface area contributed by atoms with Crippen LogP contribution in [0.2, 0.25) is 0 Å². The molecule has 0 aromatic carbocycles. The van der Waals surface area contributed by atoms with Gasteiger partial charge in [-0.1, -0.05) is 20.8 Å². The third kappa shape index (κ3) is 4.40.